The Morgan fingerprint density at radius 1 is 0.731 bits per heavy atom. The van der Waals surface area contributed by atoms with E-state index in [0.717, 1.165) is 11.1 Å². The highest BCUT2D eigenvalue weighted by Gasteiger charge is 2.60. The predicted octanol–water partition coefficient (Wildman–Crippen LogP) is 4.24. The van der Waals surface area contributed by atoms with E-state index in [9.17, 15) is 4.79 Å². The first-order chi connectivity index (χ1) is 12.3. The molecule has 134 valence electrons. The zero-order valence-corrected chi connectivity index (χ0v) is 15.5. The molecule has 1 saturated heterocycles. The van der Waals surface area contributed by atoms with E-state index in [4.69, 9.17) is 14.0 Å². The van der Waals surface area contributed by atoms with E-state index >= 15 is 0 Å². The molecule has 0 saturated carbocycles. The molecule has 0 N–H and O–H groups in total. The molecule has 2 aliphatic heterocycles. The molecule has 2 heterocycles. The average Bonchev–Trinajstić information content (AvgIpc) is 2.96. The second kappa shape index (κ2) is 5.56. The number of hydrogen-bond donors (Lipinski definition) is 0. The van der Waals surface area contributed by atoms with Gasteiger partial charge in [-0.1, -0.05) is 71.7 Å². The molecular formula is C21H22BO4-. The summed E-state index contributed by atoms with van der Waals surface area (Å²) in [5.74, 6) is -0.413. The summed E-state index contributed by atoms with van der Waals surface area (Å²) in [4.78, 5) is 12.9. The highest BCUT2D eigenvalue weighted by molar-refractivity contribution is 6.89. The van der Waals surface area contributed by atoms with Crippen LogP contribution in [0.4, 0.5) is 0 Å². The molecule has 4 nitrogen and oxygen atoms in total. The lowest BCUT2D eigenvalue weighted by Gasteiger charge is -2.36. The van der Waals surface area contributed by atoms with Gasteiger partial charge < -0.3 is 14.0 Å². The molecular weight excluding hydrogens is 327 g/mol. The second-order valence-corrected chi connectivity index (χ2v) is 7.82. The molecule has 0 radical (unpaired) electrons. The zero-order valence-electron chi connectivity index (χ0n) is 15.5. The Morgan fingerprint density at radius 3 is 1.69 bits per heavy atom. The maximum absolute atomic E-state index is 12.9. The summed E-state index contributed by atoms with van der Waals surface area (Å²) in [5, 5.41) is 0. The molecule has 1 fully saturated rings. The van der Waals surface area contributed by atoms with Crippen molar-refractivity contribution in [3.63, 3.8) is 0 Å². The van der Waals surface area contributed by atoms with E-state index < -0.39 is 23.9 Å². The normalized spacial score (nSPS) is 22.7. The summed E-state index contributed by atoms with van der Waals surface area (Å²) in [6, 6.07) is 19.2. The molecule has 5 heteroatoms. The van der Waals surface area contributed by atoms with Crippen LogP contribution in [0.2, 0.25) is 0 Å². The van der Waals surface area contributed by atoms with Crippen molar-refractivity contribution in [2.75, 3.05) is 0 Å². The van der Waals surface area contributed by atoms with Crippen LogP contribution in [-0.2, 0) is 18.8 Å². The van der Waals surface area contributed by atoms with Gasteiger partial charge >= 0.3 is 6.75 Å². The molecule has 0 unspecified atom stereocenters. The van der Waals surface area contributed by atoms with Gasteiger partial charge in [-0.25, -0.2) is 0 Å². The van der Waals surface area contributed by atoms with Crippen LogP contribution >= 0.6 is 0 Å². The van der Waals surface area contributed by atoms with Crippen molar-refractivity contribution < 1.29 is 18.8 Å². The minimum atomic E-state index is -2.37. The van der Waals surface area contributed by atoms with Gasteiger partial charge in [0, 0.05) is 16.8 Å². The number of carbonyl (C=O) groups excluding carboxylic acids is 1. The summed E-state index contributed by atoms with van der Waals surface area (Å²) in [6.07, 6.45) is 0. The van der Waals surface area contributed by atoms with Gasteiger partial charge in [0.25, 0.3) is 5.97 Å². The van der Waals surface area contributed by atoms with Crippen molar-refractivity contribution in [3.05, 3.63) is 71.8 Å². The maximum atomic E-state index is 12.9. The molecule has 0 aromatic heterocycles. The van der Waals surface area contributed by atoms with Crippen molar-refractivity contribution in [1.82, 2.24) is 0 Å². The van der Waals surface area contributed by atoms with Crippen molar-refractivity contribution in [2.45, 2.75) is 38.9 Å². The van der Waals surface area contributed by atoms with E-state index in [1.54, 1.807) is 0 Å². The fraction of sp³-hybridized carbons (Fsp3) is 0.286. The average molecular weight is 349 g/mol. The van der Waals surface area contributed by atoms with Gasteiger partial charge in [0.1, 0.15) is 0 Å². The summed E-state index contributed by atoms with van der Waals surface area (Å²) >= 11 is 0. The van der Waals surface area contributed by atoms with Crippen LogP contribution in [0.5, 0.6) is 0 Å². The van der Waals surface area contributed by atoms with Crippen molar-refractivity contribution in [3.8, 4) is 0 Å². The van der Waals surface area contributed by atoms with Gasteiger partial charge in [0.2, 0.25) is 0 Å². The summed E-state index contributed by atoms with van der Waals surface area (Å²) in [5.41, 5.74) is 1.63. The lowest BCUT2D eigenvalue weighted by Crippen LogP contribution is -2.42. The molecule has 0 bridgehead atoms. The van der Waals surface area contributed by atoms with Gasteiger partial charge in [-0.2, -0.15) is 0 Å². The number of benzene rings is 2. The van der Waals surface area contributed by atoms with E-state index in [0.29, 0.717) is 11.0 Å². The van der Waals surface area contributed by atoms with Gasteiger partial charge in [-0.3, -0.25) is 4.79 Å². The Morgan fingerprint density at radius 2 is 1.19 bits per heavy atom. The smallest absolute Gasteiger partial charge is 0.470 e. The first-order valence-corrected chi connectivity index (χ1v) is 8.88. The molecule has 2 aliphatic rings. The Kier molecular flexibility index (Phi) is 3.65. The Labute approximate surface area is 153 Å². The summed E-state index contributed by atoms with van der Waals surface area (Å²) in [6.45, 7) is 5.46. The summed E-state index contributed by atoms with van der Waals surface area (Å²) < 4.78 is 18.5. The van der Waals surface area contributed by atoms with E-state index in [-0.39, 0.29) is 0 Å². The Bertz CT molecular complexity index is 869. The molecule has 2 aromatic rings. The van der Waals surface area contributed by atoms with Crippen LogP contribution in [0.1, 0.15) is 38.8 Å². The zero-order chi connectivity index (χ0) is 18.6. The van der Waals surface area contributed by atoms with Gasteiger partial charge in [-0.15, -0.1) is 0 Å². The Hall–Kier alpha value is -2.37. The number of hydrogen-bond acceptors (Lipinski definition) is 4. The van der Waals surface area contributed by atoms with Gasteiger partial charge in [0.05, 0.1) is 0 Å². The van der Waals surface area contributed by atoms with Crippen molar-refractivity contribution >= 4 is 23.8 Å². The molecule has 0 aliphatic carbocycles. The van der Waals surface area contributed by atoms with E-state index in [1.807, 2.05) is 88.4 Å². The minimum absolute atomic E-state index is 0.413. The predicted molar refractivity (Wildman–Crippen MR) is 102 cm³/mol. The van der Waals surface area contributed by atoms with Crippen LogP contribution < -0.4 is 0 Å². The van der Waals surface area contributed by atoms with E-state index in [2.05, 4.69) is 0 Å². The monoisotopic (exact) mass is 349 g/mol. The molecule has 26 heavy (non-hydrogen) atoms. The van der Waals surface area contributed by atoms with Crippen LogP contribution in [0, 0.1) is 0 Å². The van der Waals surface area contributed by atoms with Crippen molar-refractivity contribution in [2.24, 2.45) is 0 Å². The van der Waals surface area contributed by atoms with Gasteiger partial charge in [0.15, 0.2) is 0 Å². The first-order valence-electron chi connectivity index (χ1n) is 8.88. The van der Waals surface area contributed by atoms with Crippen LogP contribution in [0.15, 0.2) is 60.7 Å². The number of carbonyl (C=O) groups is 1. The molecule has 4 rings (SSSR count). The standard InChI is InChI=1S/C21H22BO4/c1-20(2)21(3,4)26-22(25-20)18(16-13-9-6-10-14-16)17(19(23)24-22)15-11-7-5-8-12-15/h5-14H,1-4H3/q-1. The van der Waals surface area contributed by atoms with Crippen LogP contribution in [0.25, 0.3) is 11.0 Å². The fourth-order valence-electron chi connectivity index (χ4n) is 3.64. The first kappa shape index (κ1) is 17.1. The lowest BCUT2D eigenvalue weighted by atomic mass is 9.64. The minimum Gasteiger partial charge on any atom is -0.636 e. The fourth-order valence-corrected chi connectivity index (χ4v) is 3.64. The van der Waals surface area contributed by atoms with Gasteiger partial charge in [-0.05, 0) is 33.3 Å². The highest BCUT2D eigenvalue weighted by Crippen LogP contribution is 2.52. The van der Waals surface area contributed by atoms with E-state index in [1.165, 1.54) is 0 Å². The number of rotatable bonds is 2. The SMILES string of the molecule is CC1(C)O[B-]2(OC(=O)C(c3ccccc3)=C2c2ccccc2)OC1(C)C. The lowest BCUT2D eigenvalue weighted by molar-refractivity contribution is -0.130. The molecule has 0 atom stereocenters. The van der Waals surface area contributed by atoms with Crippen LogP contribution in [0.3, 0.4) is 0 Å². The highest BCUT2D eigenvalue weighted by atomic mass is 16.8. The quantitative estimate of drug-likeness (QED) is 0.761. The molecule has 0 amide bonds. The third-order valence-electron chi connectivity index (χ3n) is 5.59. The topological polar surface area (TPSA) is 44.8 Å². The third kappa shape index (κ3) is 2.42. The summed E-state index contributed by atoms with van der Waals surface area (Å²) in [7, 11) is 0. The Balaban J connectivity index is 1.98. The molecule has 2 aromatic carbocycles. The second-order valence-electron chi connectivity index (χ2n) is 7.82. The van der Waals surface area contributed by atoms with Crippen LogP contribution in [-0.4, -0.2) is 23.9 Å². The largest absolute Gasteiger partial charge is 0.636 e. The maximum Gasteiger partial charge on any atom is 0.470 e. The van der Waals surface area contributed by atoms with Crippen molar-refractivity contribution in [1.29, 1.82) is 0 Å². The third-order valence-corrected chi connectivity index (χ3v) is 5.59. The molecule has 1 spiro atoms.